The molecule has 0 saturated heterocycles. The van der Waals surface area contributed by atoms with Crippen molar-refractivity contribution in [2.75, 3.05) is 11.1 Å². The summed E-state index contributed by atoms with van der Waals surface area (Å²) in [5.74, 6) is 1.36. The van der Waals surface area contributed by atoms with Crippen LogP contribution in [-0.4, -0.2) is 41.4 Å². The Morgan fingerprint density at radius 2 is 2.10 bits per heavy atom. The van der Waals surface area contributed by atoms with E-state index in [4.69, 9.17) is 4.98 Å². The van der Waals surface area contributed by atoms with Crippen molar-refractivity contribution >= 4 is 23.4 Å². The van der Waals surface area contributed by atoms with Crippen LogP contribution in [0.2, 0.25) is 0 Å². The largest absolute Gasteiger partial charge is 0.334 e. The van der Waals surface area contributed by atoms with Crippen LogP contribution in [0.5, 0.6) is 0 Å². The van der Waals surface area contributed by atoms with Crippen LogP contribution in [0, 0.1) is 0 Å². The molecular weight excluding hydrogens is 398 g/mol. The molecule has 0 unspecified atom stereocenters. The van der Waals surface area contributed by atoms with Crippen LogP contribution >= 0.6 is 11.8 Å². The van der Waals surface area contributed by atoms with E-state index in [-0.39, 0.29) is 11.7 Å². The van der Waals surface area contributed by atoms with Crippen LogP contribution in [-0.2, 0) is 17.8 Å². The maximum absolute atomic E-state index is 12.5. The van der Waals surface area contributed by atoms with Crippen LogP contribution in [0.4, 0.5) is 5.69 Å². The molecule has 0 atom stereocenters. The second kappa shape index (κ2) is 8.59. The highest BCUT2D eigenvalue weighted by Crippen LogP contribution is 2.31. The lowest BCUT2D eigenvalue weighted by atomic mass is 10.1. The number of thioether (sulfide) groups is 1. The molecule has 156 valence electrons. The van der Waals surface area contributed by atoms with E-state index in [1.54, 1.807) is 0 Å². The number of rotatable bonds is 6. The zero-order valence-electron chi connectivity index (χ0n) is 16.8. The number of aryl methyl sites for hydroxylation is 2. The van der Waals surface area contributed by atoms with Crippen LogP contribution in [0.15, 0.2) is 35.6 Å². The Morgan fingerprint density at radius 3 is 2.97 bits per heavy atom. The highest BCUT2D eigenvalue weighted by atomic mass is 32.2. The van der Waals surface area contributed by atoms with E-state index in [0.717, 1.165) is 53.7 Å². The fraction of sp³-hybridized carbons (Fsp3) is 0.476. The Balaban J connectivity index is 1.22. The second-order valence-corrected chi connectivity index (χ2v) is 8.90. The Labute approximate surface area is 179 Å². The number of carbonyl (C=O) groups excluding carboxylic acids is 1. The monoisotopic (exact) mass is 423 g/mol. The SMILES string of the molecule is O=C(CSc1nnnn1C1CCCC1)Nc1cccc(-c2cn3c(n2)CCCC3)c1. The van der Waals surface area contributed by atoms with Crippen molar-refractivity contribution in [1.82, 2.24) is 29.8 Å². The fourth-order valence-electron chi connectivity index (χ4n) is 4.29. The molecule has 30 heavy (non-hydrogen) atoms. The minimum absolute atomic E-state index is 0.0674. The van der Waals surface area contributed by atoms with Crippen LogP contribution in [0.1, 0.15) is 50.4 Å². The number of carbonyl (C=O) groups is 1. The molecule has 1 fully saturated rings. The average Bonchev–Trinajstić information content (AvgIpc) is 3.52. The van der Waals surface area contributed by atoms with Gasteiger partial charge in [-0.15, -0.1) is 5.10 Å². The number of hydrogen-bond donors (Lipinski definition) is 1. The Morgan fingerprint density at radius 1 is 1.20 bits per heavy atom. The molecule has 3 aromatic rings. The quantitative estimate of drug-likeness (QED) is 0.608. The van der Waals surface area contributed by atoms with Crippen LogP contribution in [0.25, 0.3) is 11.3 Å². The summed E-state index contributed by atoms with van der Waals surface area (Å²) in [4.78, 5) is 17.3. The zero-order valence-corrected chi connectivity index (χ0v) is 17.6. The summed E-state index contributed by atoms with van der Waals surface area (Å²) in [7, 11) is 0. The highest BCUT2D eigenvalue weighted by Gasteiger charge is 2.22. The predicted molar refractivity (Wildman–Crippen MR) is 115 cm³/mol. The van der Waals surface area contributed by atoms with Crippen molar-refractivity contribution in [2.24, 2.45) is 0 Å². The number of hydrogen-bond acceptors (Lipinski definition) is 6. The molecule has 0 bridgehead atoms. The molecule has 1 aromatic carbocycles. The first-order chi connectivity index (χ1) is 14.8. The molecular formula is C21H25N7OS. The van der Waals surface area contributed by atoms with Gasteiger partial charge in [-0.2, -0.15) is 0 Å². The summed E-state index contributed by atoms with van der Waals surface area (Å²) in [6, 6.07) is 8.25. The molecule has 0 radical (unpaired) electrons. The van der Waals surface area contributed by atoms with E-state index in [9.17, 15) is 4.79 Å². The van der Waals surface area contributed by atoms with E-state index in [1.165, 1.54) is 37.4 Å². The third kappa shape index (κ3) is 4.12. The molecule has 1 N–H and O–H groups in total. The Kier molecular flexibility index (Phi) is 5.52. The number of nitrogens with zero attached hydrogens (tertiary/aromatic N) is 6. The topological polar surface area (TPSA) is 90.5 Å². The summed E-state index contributed by atoms with van der Waals surface area (Å²) in [6.45, 7) is 1.04. The van der Waals surface area contributed by atoms with Gasteiger partial charge in [-0.3, -0.25) is 4.79 Å². The second-order valence-electron chi connectivity index (χ2n) is 7.95. The Bertz CT molecular complexity index is 1010. The van der Waals surface area contributed by atoms with Crippen LogP contribution in [0.3, 0.4) is 0 Å². The molecule has 5 rings (SSSR count). The molecule has 1 aliphatic carbocycles. The van der Waals surface area contributed by atoms with Crippen molar-refractivity contribution in [3.8, 4) is 11.3 Å². The van der Waals surface area contributed by atoms with E-state index in [2.05, 4.69) is 31.6 Å². The molecule has 9 heteroatoms. The molecule has 2 aromatic heterocycles. The van der Waals surface area contributed by atoms with Crippen molar-refractivity contribution in [1.29, 1.82) is 0 Å². The fourth-order valence-corrected chi connectivity index (χ4v) is 5.04. The number of aromatic nitrogens is 6. The third-order valence-electron chi connectivity index (χ3n) is 5.82. The Hall–Kier alpha value is -2.68. The molecule has 1 saturated carbocycles. The van der Waals surface area contributed by atoms with Gasteiger partial charge in [-0.25, -0.2) is 9.67 Å². The standard InChI is InChI=1S/C21H25N7OS/c29-20(14-30-21-24-25-26-28(21)17-8-1-2-9-17)22-16-7-5-6-15(12-16)18-13-27-11-4-3-10-19(27)23-18/h5-7,12-13,17H,1-4,8-11,14H2,(H,22,29). The number of nitrogens with one attached hydrogen (secondary N) is 1. The summed E-state index contributed by atoms with van der Waals surface area (Å²) in [6.07, 6.45) is 10.2. The van der Waals surface area contributed by atoms with Gasteiger partial charge in [0.15, 0.2) is 0 Å². The number of benzene rings is 1. The van der Waals surface area contributed by atoms with E-state index < -0.39 is 0 Å². The maximum Gasteiger partial charge on any atom is 0.234 e. The summed E-state index contributed by atoms with van der Waals surface area (Å²) >= 11 is 1.39. The molecule has 2 aliphatic rings. The zero-order chi connectivity index (χ0) is 20.3. The van der Waals surface area contributed by atoms with Gasteiger partial charge in [0.1, 0.15) is 5.82 Å². The lowest BCUT2D eigenvalue weighted by Crippen LogP contribution is -2.15. The van der Waals surface area contributed by atoms with Crippen molar-refractivity contribution < 1.29 is 4.79 Å². The first kappa shape index (κ1) is 19.3. The third-order valence-corrected chi connectivity index (χ3v) is 6.75. The first-order valence-corrected chi connectivity index (χ1v) is 11.6. The van der Waals surface area contributed by atoms with Gasteiger partial charge in [-0.05, 0) is 48.2 Å². The molecule has 8 nitrogen and oxygen atoms in total. The number of tetrazole rings is 1. The van der Waals surface area contributed by atoms with E-state index in [1.807, 2.05) is 28.9 Å². The van der Waals surface area contributed by atoms with Gasteiger partial charge in [0.05, 0.1) is 17.5 Å². The lowest BCUT2D eigenvalue weighted by molar-refractivity contribution is -0.113. The molecule has 1 aliphatic heterocycles. The maximum atomic E-state index is 12.5. The molecule has 0 spiro atoms. The minimum Gasteiger partial charge on any atom is -0.334 e. The molecule has 1 amide bonds. The number of amides is 1. The predicted octanol–water partition coefficient (Wildman–Crippen LogP) is 3.72. The smallest absolute Gasteiger partial charge is 0.234 e. The van der Waals surface area contributed by atoms with Crippen molar-refractivity contribution in [2.45, 2.75) is 62.7 Å². The van der Waals surface area contributed by atoms with Gasteiger partial charge in [-0.1, -0.05) is 36.7 Å². The van der Waals surface area contributed by atoms with Crippen molar-refractivity contribution in [3.63, 3.8) is 0 Å². The van der Waals surface area contributed by atoms with Gasteiger partial charge < -0.3 is 9.88 Å². The number of anilines is 1. The normalized spacial score (nSPS) is 16.5. The summed E-state index contributed by atoms with van der Waals surface area (Å²) < 4.78 is 4.13. The highest BCUT2D eigenvalue weighted by molar-refractivity contribution is 7.99. The van der Waals surface area contributed by atoms with Crippen LogP contribution < -0.4 is 5.32 Å². The summed E-state index contributed by atoms with van der Waals surface area (Å²) in [5, 5.41) is 15.7. The van der Waals surface area contributed by atoms with Gasteiger partial charge in [0.2, 0.25) is 11.1 Å². The van der Waals surface area contributed by atoms with Gasteiger partial charge >= 0.3 is 0 Å². The first-order valence-electron chi connectivity index (χ1n) is 10.6. The summed E-state index contributed by atoms with van der Waals surface area (Å²) in [5.41, 5.74) is 2.76. The lowest BCUT2D eigenvalue weighted by Gasteiger charge is -2.11. The van der Waals surface area contributed by atoms with Crippen molar-refractivity contribution in [3.05, 3.63) is 36.3 Å². The average molecular weight is 424 g/mol. The van der Waals surface area contributed by atoms with E-state index in [0.29, 0.717) is 6.04 Å². The van der Waals surface area contributed by atoms with E-state index >= 15 is 0 Å². The molecule has 3 heterocycles. The number of imidazole rings is 1. The van der Waals surface area contributed by atoms with Gasteiger partial charge in [0.25, 0.3) is 0 Å². The van der Waals surface area contributed by atoms with Gasteiger partial charge in [0, 0.05) is 30.4 Å². The number of fused-ring (bicyclic) bond motifs is 1. The minimum atomic E-state index is -0.0674.